The number of aliphatic carboxylic acids is 1. The standard InChI is InChI=1S/C15H15NO2/c17-15(18)14-8-12(14)9-16-13-6-5-10-3-1-2-4-11(10)7-13/h1-7,12,14,16H,8-9H2,(H,17,18). The smallest absolute Gasteiger partial charge is 0.306 e. The van der Waals surface area contributed by atoms with Gasteiger partial charge in [-0.25, -0.2) is 0 Å². The van der Waals surface area contributed by atoms with Crippen LogP contribution in [0.3, 0.4) is 0 Å². The summed E-state index contributed by atoms with van der Waals surface area (Å²) in [5.41, 5.74) is 1.06. The fourth-order valence-corrected chi connectivity index (χ4v) is 2.32. The minimum absolute atomic E-state index is 0.141. The van der Waals surface area contributed by atoms with Gasteiger partial charge in [0.15, 0.2) is 0 Å². The molecule has 0 amide bonds. The molecule has 2 atom stereocenters. The van der Waals surface area contributed by atoms with Crippen LogP contribution in [0.15, 0.2) is 42.5 Å². The molecule has 1 fully saturated rings. The summed E-state index contributed by atoms with van der Waals surface area (Å²) in [6.45, 7) is 0.745. The molecule has 0 spiro atoms. The molecule has 2 unspecified atom stereocenters. The normalized spacial score (nSPS) is 21.8. The van der Waals surface area contributed by atoms with Crippen molar-refractivity contribution in [2.45, 2.75) is 6.42 Å². The molecule has 1 aliphatic carbocycles. The van der Waals surface area contributed by atoms with Gasteiger partial charge in [0.2, 0.25) is 0 Å². The molecule has 2 aromatic rings. The first-order valence-electron chi connectivity index (χ1n) is 6.19. The van der Waals surface area contributed by atoms with Crippen LogP contribution in [0.1, 0.15) is 6.42 Å². The first kappa shape index (κ1) is 11.1. The Kier molecular flexibility index (Phi) is 2.67. The molecule has 2 N–H and O–H groups in total. The van der Waals surface area contributed by atoms with E-state index in [0.29, 0.717) is 0 Å². The van der Waals surface area contributed by atoms with E-state index in [1.54, 1.807) is 0 Å². The largest absolute Gasteiger partial charge is 0.481 e. The van der Waals surface area contributed by atoms with Crippen molar-refractivity contribution in [3.05, 3.63) is 42.5 Å². The van der Waals surface area contributed by atoms with Gasteiger partial charge in [0.1, 0.15) is 0 Å². The molecule has 2 aromatic carbocycles. The molecule has 92 valence electrons. The van der Waals surface area contributed by atoms with Crippen molar-refractivity contribution in [1.82, 2.24) is 0 Å². The van der Waals surface area contributed by atoms with Crippen LogP contribution in [-0.4, -0.2) is 17.6 Å². The van der Waals surface area contributed by atoms with Crippen LogP contribution in [0.25, 0.3) is 10.8 Å². The van der Waals surface area contributed by atoms with Crippen molar-refractivity contribution in [2.24, 2.45) is 11.8 Å². The minimum atomic E-state index is -0.666. The first-order chi connectivity index (χ1) is 8.74. The highest BCUT2D eigenvalue weighted by Crippen LogP contribution is 2.38. The van der Waals surface area contributed by atoms with Gasteiger partial charge in [-0.1, -0.05) is 30.3 Å². The van der Waals surface area contributed by atoms with Crippen LogP contribution in [-0.2, 0) is 4.79 Å². The monoisotopic (exact) mass is 241 g/mol. The second kappa shape index (κ2) is 4.33. The molecule has 0 saturated heterocycles. The molecule has 1 saturated carbocycles. The molecule has 0 aliphatic heterocycles. The maximum Gasteiger partial charge on any atom is 0.306 e. The van der Waals surface area contributed by atoms with Gasteiger partial charge in [-0.3, -0.25) is 4.79 Å². The molecule has 0 heterocycles. The molecule has 3 heteroatoms. The van der Waals surface area contributed by atoms with Gasteiger partial charge >= 0.3 is 5.97 Å². The topological polar surface area (TPSA) is 49.3 Å². The number of hydrogen-bond donors (Lipinski definition) is 2. The van der Waals surface area contributed by atoms with E-state index in [1.165, 1.54) is 10.8 Å². The number of anilines is 1. The zero-order valence-electron chi connectivity index (χ0n) is 9.97. The predicted molar refractivity (Wildman–Crippen MR) is 71.7 cm³/mol. The minimum Gasteiger partial charge on any atom is -0.481 e. The number of carboxylic acid groups (broad SMARTS) is 1. The van der Waals surface area contributed by atoms with Crippen molar-refractivity contribution in [3.8, 4) is 0 Å². The van der Waals surface area contributed by atoms with E-state index in [2.05, 4.69) is 29.6 Å². The third kappa shape index (κ3) is 2.16. The highest BCUT2D eigenvalue weighted by molar-refractivity contribution is 5.85. The summed E-state index contributed by atoms with van der Waals surface area (Å²) in [4.78, 5) is 10.7. The molecule has 3 nitrogen and oxygen atoms in total. The number of hydrogen-bond acceptors (Lipinski definition) is 2. The summed E-state index contributed by atoms with van der Waals surface area (Å²) >= 11 is 0. The fourth-order valence-electron chi connectivity index (χ4n) is 2.32. The lowest BCUT2D eigenvalue weighted by molar-refractivity contribution is -0.138. The summed E-state index contributed by atoms with van der Waals surface area (Å²) in [6.07, 6.45) is 0.802. The van der Waals surface area contributed by atoms with Crippen LogP contribution in [0.2, 0.25) is 0 Å². The van der Waals surface area contributed by atoms with E-state index in [-0.39, 0.29) is 11.8 Å². The van der Waals surface area contributed by atoms with Gasteiger partial charge in [0.05, 0.1) is 5.92 Å². The Balaban J connectivity index is 1.67. The van der Waals surface area contributed by atoms with Crippen molar-refractivity contribution in [2.75, 3.05) is 11.9 Å². The summed E-state index contributed by atoms with van der Waals surface area (Å²) < 4.78 is 0. The van der Waals surface area contributed by atoms with Crippen molar-refractivity contribution in [1.29, 1.82) is 0 Å². The number of carbonyl (C=O) groups is 1. The fraction of sp³-hybridized carbons (Fsp3) is 0.267. The zero-order valence-corrected chi connectivity index (χ0v) is 9.97. The van der Waals surface area contributed by atoms with Crippen LogP contribution >= 0.6 is 0 Å². The predicted octanol–water partition coefficient (Wildman–Crippen LogP) is 2.97. The van der Waals surface area contributed by atoms with Crippen LogP contribution in [0.5, 0.6) is 0 Å². The molecule has 0 radical (unpaired) electrons. The lowest BCUT2D eigenvalue weighted by atomic mass is 10.1. The van der Waals surface area contributed by atoms with E-state index in [1.807, 2.05) is 18.2 Å². The lowest BCUT2D eigenvalue weighted by Gasteiger charge is -2.06. The van der Waals surface area contributed by atoms with Gasteiger partial charge in [-0.2, -0.15) is 0 Å². The van der Waals surface area contributed by atoms with E-state index >= 15 is 0 Å². The van der Waals surface area contributed by atoms with Gasteiger partial charge in [-0.15, -0.1) is 0 Å². The zero-order chi connectivity index (χ0) is 12.5. The molecule has 0 aromatic heterocycles. The summed E-state index contributed by atoms with van der Waals surface area (Å²) in [5, 5.41) is 14.6. The van der Waals surface area contributed by atoms with Gasteiger partial charge in [-0.05, 0) is 35.2 Å². The van der Waals surface area contributed by atoms with E-state index in [9.17, 15) is 4.79 Å². The third-order valence-electron chi connectivity index (χ3n) is 3.56. The molecule has 3 rings (SSSR count). The Morgan fingerprint density at radius 1 is 1.22 bits per heavy atom. The second-order valence-electron chi connectivity index (χ2n) is 4.88. The van der Waals surface area contributed by atoms with Gasteiger partial charge in [0, 0.05) is 12.2 Å². The Morgan fingerprint density at radius 2 is 2.00 bits per heavy atom. The van der Waals surface area contributed by atoms with E-state index in [4.69, 9.17) is 5.11 Å². The first-order valence-corrected chi connectivity index (χ1v) is 6.19. The highest BCUT2D eigenvalue weighted by Gasteiger charge is 2.42. The molecular weight excluding hydrogens is 226 g/mol. The molecular formula is C15H15NO2. The molecule has 1 aliphatic rings. The van der Waals surface area contributed by atoms with Gasteiger partial charge < -0.3 is 10.4 Å². The highest BCUT2D eigenvalue weighted by atomic mass is 16.4. The van der Waals surface area contributed by atoms with Gasteiger partial charge in [0.25, 0.3) is 0 Å². The molecule has 0 bridgehead atoms. The lowest BCUT2D eigenvalue weighted by Crippen LogP contribution is -2.08. The van der Waals surface area contributed by atoms with Crippen LogP contribution < -0.4 is 5.32 Å². The van der Waals surface area contributed by atoms with E-state index < -0.39 is 5.97 Å². The second-order valence-corrected chi connectivity index (χ2v) is 4.88. The van der Waals surface area contributed by atoms with Crippen molar-refractivity contribution < 1.29 is 9.90 Å². The van der Waals surface area contributed by atoms with Crippen molar-refractivity contribution in [3.63, 3.8) is 0 Å². The number of fused-ring (bicyclic) bond motifs is 1. The maximum atomic E-state index is 10.7. The average Bonchev–Trinajstić information content (AvgIpc) is 3.16. The van der Waals surface area contributed by atoms with Crippen LogP contribution in [0, 0.1) is 11.8 Å². The summed E-state index contributed by atoms with van der Waals surface area (Å²) in [5.74, 6) is -0.521. The van der Waals surface area contributed by atoms with E-state index in [0.717, 1.165) is 18.7 Å². The third-order valence-corrected chi connectivity index (χ3v) is 3.56. The van der Waals surface area contributed by atoms with Crippen molar-refractivity contribution >= 4 is 22.4 Å². The Bertz CT molecular complexity index is 594. The SMILES string of the molecule is O=C(O)C1CC1CNc1ccc2ccccc2c1. The number of benzene rings is 2. The van der Waals surface area contributed by atoms with Crippen LogP contribution in [0.4, 0.5) is 5.69 Å². The quantitative estimate of drug-likeness (QED) is 0.865. The summed E-state index contributed by atoms with van der Waals surface area (Å²) in [6, 6.07) is 14.4. The Labute approximate surface area is 105 Å². The number of carboxylic acids is 1. The Hall–Kier alpha value is -2.03. The number of rotatable bonds is 4. The summed E-state index contributed by atoms with van der Waals surface area (Å²) in [7, 11) is 0. The Morgan fingerprint density at radius 3 is 2.72 bits per heavy atom. The maximum absolute atomic E-state index is 10.7. The molecule has 18 heavy (non-hydrogen) atoms. The average molecular weight is 241 g/mol. The number of nitrogens with one attached hydrogen (secondary N) is 1.